The van der Waals surface area contributed by atoms with E-state index in [-0.39, 0.29) is 39.7 Å². The van der Waals surface area contributed by atoms with Gasteiger partial charge in [-0.3, -0.25) is 6.08 Å². The van der Waals surface area contributed by atoms with E-state index >= 15 is 0 Å². The average Bonchev–Trinajstić information content (AvgIpc) is 3.13. The molecule has 0 fully saturated rings. The van der Waals surface area contributed by atoms with Gasteiger partial charge >= 0.3 is 30.2 Å². The van der Waals surface area contributed by atoms with Crippen LogP contribution in [0.15, 0.2) is 59.7 Å². The fraction of sp³-hybridized carbons (Fsp3) is 0.182. The minimum atomic E-state index is 0. The summed E-state index contributed by atoms with van der Waals surface area (Å²) in [5.41, 5.74) is 8.22. The predicted octanol–water partition coefficient (Wildman–Crippen LogP) is 5.97. The van der Waals surface area contributed by atoms with Crippen LogP contribution in [0.2, 0.25) is 0 Å². The maximum absolute atomic E-state index is 3.30. The van der Waals surface area contributed by atoms with Gasteiger partial charge in [-0.2, -0.15) is 35.9 Å². The van der Waals surface area contributed by atoms with Gasteiger partial charge in [-0.15, -0.1) is 43.7 Å². The summed E-state index contributed by atoms with van der Waals surface area (Å²) in [5, 5.41) is 0. The monoisotopic (exact) mass is 480 g/mol. The van der Waals surface area contributed by atoms with Crippen LogP contribution >= 0.6 is 24.8 Å². The second-order valence-corrected chi connectivity index (χ2v) is 5.29. The van der Waals surface area contributed by atoms with Crippen molar-refractivity contribution in [1.82, 2.24) is 0 Å². The molecule has 0 saturated heterocycles. The molecule has 0 bridgehead atoms. The number of hydrogen-bond acceptors (Lipinski definition) is 0. The molecule has 0 radical (unpaired) electrons. The molecular weight excluding hydrogens is 454 g/mol. The van der Waals surface area contributed by atoms with Gasteiger partial charge < -0.3 is 14.9 Å². The van der Waals surface area contributed by atoms with Gasteiger partial charge in [-0.05, 0) is 6.42 Å². The van der Waals surface area contributed by atoms with Crippen molar-refractivity contribution < 1.29 is 23.3 Å². The molecule has 26 heavy (non-hydrogen) atoms. The molecule has 0 aromatic heterocycles. The Hall–Kier alpha value is -0.400. The van der Waals surface area contributed by atoms with E-state index < -0.39 is 0 Å². The Kier molecular flexibility index (Phi) is 18.2. The summed E-state index contributed by atoms with van der Waals surface area (Å²) in [6.45, 7) is 6.17. The van der Waals surface area contributed by atoms with Crippen LogP contribution in [0.5, 0.6) is 0 Å². The van der Waals surface area contributed by atoms with Gasteiger partial charge in [-0.1, -0.05) is 42.3 Å². The molecule has 0 N–H and O–H groups in total. The van der Waals surface area contributed by atoms with E-state index in [1.165, 1.54) is 33.4 Å². The third-order valence-electron chi connectivity index (χ3n) is 3.98. The van der Waals surface area contributed by atoms with E-state index in [4.69, 9.17) is 0 Å². The van der Waals surface area contributed by atoms with Gasteiger partial charge in [0, 0.05) is 0 Å². The number of rotatable bonds is 0. The van der Waals surface area contributed by atoms with Crippen molar-refractivity contribution in [1.29, 1.82) is 0 Å². The molecule has 0 unspecified atom stereocenters. The predicted molar refractivity (Wildman–Crippen MR) is 120 cm³/mol. The van der Waals surface area contributed by atoms with Crippen molar-refractivity contribution in [2.45, 2.75) is 26.7 Å². The number of allylic oxidation sites excluding steroid dienone is 4. The Bertz CT molecular complexity index is 664. The average molecular weight is 483 g/mol. The van der Waals surface area contributed by atoms with Gasteiger partial charge in [0.1, 0.15) is 0 Å². The molecule has 0 saturated carbocycles. The maximum Gasteiger partial charge on any atom is -0.0253 e. The second-order valence-electron chi connectivity index (χ2n) is 5.29. The van der Waals surface area contributed by atoms with Gasteiger partial charge in [-0.25, -0.2) is 11.1 Å². The third kappa shape index (κ3) is 7.69. The molecule has 142 valence electrons. The van der Waals surface area contributed by atoms with Gasteiger partial charge in [0.2, 0.25) is 0 Å². The molecule has 4 rings (SSSR count). The summed E-state index contributed by atoms with van der Waals surface area (Å²) in [6.07, 6.45) is 7.46. The van der Waals surface area contributed by atoms with Crippen LogP contribution in [0.4, 0.5) is 0 Å². The first-order valence-electron chi connectivity index (χ1n) is 7.43. The standard InChI is InChI=1S/C13H9.C7H9.2CH3.2ClH.H2Si.Zr/c1-3-7-12-10(5-1)9-11-6-2-4-8-13(11)12;1-6-4-3-5-7(6)2;;;;;;/h1-5,7-8H,9H2;4H,3H2,1-2H3;2*1H3;2*1H;1H2;/q4*-1;;;;. The van der Waals surface area contributed by atoms with Crippen molar-refractivity contribution in [3.63, 3.8) is 0 Å². The van der Waals surface area contributed by atoms with E-state index in [1.807, 2.05) is 12.9 Å². The van der Waals surface area contributed by atoms with Gasteiger partial charge in [0.25, 0.3) is 0 Å². The Morgan fingerprint density at radius 2 is 1.54 bits per heavy atom. The summed E-state index contributed by atoms with van der Waals surface area (Å²) >= 11 is 1.58. The maximum atomic E-state index is 3.30. The van der Waals surface area contributed by atoms with E-state index in [0.717, 1.165) is 12.8 Å². The van der Waals surface area contributed by atoms with Gasteiger partial charge in [0.05, 0.1) is 0 Å². The summed E-state index contributed by atoms with van der Waals surface area (Å²) < 4.78 is 0. The van der Waals surface area contributed by atoms with Crippen LogP contribution < -0.4 is 0 Å². The molecule has 2 aromatic rings. The van der Waals surface area contributed by atoms with Crippen LogP contribution in [0.25, 0.3) is 11.1 Å². The van der Waals surface area contributed by atoms with Crippen LogP contribution in [-0.2, 0) is 29.8 Å². The fourth-order valence-corrected chi connectivity index (χ4v) is 2.65. The normalized spacial score (nSPS) is 11.4. The minimum Gasteiger partial charge on any atom is -0.179 e. The number of fused-ring (bicyclic) bond motifs is 3. The number of halogens is 2. The number of hydrogen-bond donors (Lipinski definition) is 0. The van der Waals surface area contributed by atoms with E-state index in [0.29, 0.717) is 0 Å². The summed E-state index contributed by atoms with van der Waals surface area (Å²) in [5.74, 6) is 0. The van der Waals surface area contributed by atoms with E-state index in [1.54, 1.807) is 23.3 Å². The smallest absolute Gasteiger partial charge is 0.0253 e. The number of benzene rings is 2. The Balaban J connectivity index is -0.000000360. The van der Waals surface area contributed by atoms with Crippen LogP contribution in [0.1, 0.15) is 31.4 Å². The molecule has 0 atom stereocenters. The quantitative estimate of drug-likeness (QED) is 0.274. The van der Waals surface area contributed by atoms with Crippen LogP contribution in [0, 0.1) is 27.0 Å². The molecular formula is C22H28Cl2SiZr-4. The van der Waals surface area contributed by atoms with E-state index in [2.05, 4.69) is 68.5 Å². The molecule has 0 spiro atoms. The van der Waals surface area contributed by atoms with E-state index in [9.17, 15) is 0 Å². The first-order valence-corrected chi connectivity index (χ1v) is 13.4. The largest absolute Gasteiger partial charge is 0.179 e. The van der Waals surface area contributed by atoms with Crippen molar-refractivity contribution in [3.05, 3.63) is 97.8 Å². The van der Waals surface area contributed by atoms with Crippen molar-refractivity contribution >= 4 is 31.7 Å². The SMILES string of the molecule is CC1=[C-]CC=C1C.Cl.Cl.[CH3-].[CH3-].[SiH2]=[Zr].[c-]1cccc2c1Cc1ccccc1-2. The molecule has 2 aliphatic carbocycles. The molecule has 0 amide bonds. The Morgan fingerprint density at radius 3 is 2.08 bits per heavy atom. The first-order chi connectivity index (χ1) is 10.8. The summed E-state index contributed by atoms with van der Waals surface area (Å²) in [4.78, 5) is 0. The van der Waals surface area contributed by atoms with Crippen molar-refractivity contribution in [2.24, 2.45) is 0 Å². The molecule has 0 aliphatic heterocycles. The zero-order valence-corrected chi connectivity index (χ0v) is 21.6. The Labute approximate surface area is 189 Å². The first kappa shape index (κ1) is 30.3. The molecule has 0 heterocycles. The second kappa shape index (κ2) is 15.6. The third-order valence-corrected chi connectivity index (χ3v) is 3.98. The molecule has 2 aliphatic rings. The molecule has 0 nitrogen and oxygen atoms in total. The summed E-state index contributed by atoms with van der Waals surface area (Å²) in [7, 11) is 0. The zero-order valence-electron chi connectivity index (χ0n) is 16.1. The minimum absolute atomic E-state index is 0. The van der Waals surface area contributed by atoms with Crippen LogP contribution in [0.3, 0.4) is 0 Å². The van der Waals surface area contributed by atoms with Gasteiger partial charge in [0.15, 0.2) is 0 Å². The fourth-order valence-electron chi connectivity index (χ4n) is 2.65. The van der Waals surface area contributed by atoms with Crippen LogP contribution in [-0.4, -0.2) is 6.88 Å². The molecule has 2 aromatic carbocycles. The zero-order chi connectivity index (χ0) is 15.9. The summed E-state index contributed by atoms with van der Waals surface area (Å²) in [6, 6.07) is 18.1. The van der Waals surface area contributed by atoms with Crippen molar-refractivity contribution in [2.75, 3.05) is 0 Å². The topological polar surface area (TPSA) is 0 Å². The Morgan fingerprint density at radius 1 is 0.923 bits per heavy atom. The molecule has 4 heteroatoms. The van der Waals surface area contributed by atoms with Crippen molar-refractivity contribution in [3.8, 4) is 11.1 Å².